The lowest BCUT2D eigenvalue weighted by molar-refractivity contribution is -0.131. The van der Waals surface area contributed by atoms with Crippen molar-refractivity contribution in [1.29, 1.82) is 0 Å². The van der Waals surface area contributed by atoms with Crippen molar-refractivity contribution in [1.82, 2.24) is 4.90 Å². The zero-order chi connectivity index (χ0) is 12.4. The van der Waals surface area contributed by atoms with Crippen LogP contribution in [0.1, 0.15) is 39.0 Å². The van der Waals surface area contributed by atoms with E-state index in [1.165, 1.54) is 25.7 Å². The Kier molecular flexibility index (Phi) is 4.08. The minimum atomic E-state index is 0.322. The van der Waals surface area contributed by atoms with Crippen molar-refractivity contribution in [3.05, 3.63) is 0 Å². The molecule has 3 nitrogen and oxygen atoms in total. The molecule has 0 aliphatic heterocycles. The van der Waals surface area contributed by atoms with Crippen LogP contribution in [0.3, 0.4) is 0 Å². The summed E-state index contributed by atoms with van der Waals surface area (Å²) in [5.74, 6) is 3.19. The van der Waals surface area contributed by atoms with E-state index in [0.717, 1.165) is 24.8 Å². The van der Waals surface area contributed by atoms with Crippen LogP contribution in [0.4, 0.5) is 0 Å². The van der Waals surface area contributed by atoms with Crippen LogP contribution in [0, 0.1) is 23.7 Å². The standard InChI is InChI=1S/C14H26N2O/c1-10(8-15)9-16(2)14(17)7-13-6-11-3-4-12(13)5-11/h10-13H,3-9,15H2,1-2H3. The molecule has 17 heavy (non-hydrogen) atoms. The topological polar surface area (TPSA) is 46.3 Å². The van der Waals surface area contributed by atoms with E-state index in [4.69, 9.17) is 5.73 Å². The molecule has 0 aromatic heterocycles. The summed E-state index contributed by atoms with van der Waals surface area (Å²) in [6.07, 6.45) is 6.24. The maximum Gasteiger partial charge on any atom is 0.222 e. The molecule has 3 heteroatoms. The average Bonchev–Trinajstić information content (AvgIpc) is 2.90. The Morgan fingerprint density at radius 2 is 2.18 bits per heavy atom. The molecule has 0 aromatic carbocycles. The molecule has 2 aliphatic carbocycles. The number of hydrogen-bond donors (Lipinski definition) is 1. The molecule has 1 amide bonds. The molecular formula is C14H26N2O. The molecule has 2 rings (SSSR count). The van der Waals surface area contributed by atoms with E-state index in [1.54, 1.807) is 0 Å². The molecule has 2 fully saturated rings. The number of fused-ring (bicyclic) bond motifs is 2. The van der Waals surface area contributed by atoms with Gasteiger partial charge in [0.25, 0.3) is 0 Å². The summed E-state index contributed by atoms with van der Waals surface area (Å²) in [6, 6.07) is 0. The van der Waals surface area contributed by atoms with Gasteiger partial charge in [-0.3, -0.25) is 4.79 Å². The fourth-order valence-electron chi connectivity index (χ4n) is 3.65. The molecular weight excluding hydrogens is 212 g/mol. The molecule has 2 bridgehead atoms. The third-order valence-corrected chi connectivity index (χ3v) is 4.74. The molecule has 2 N–H and O–H groups in total. The number of nitrogens with zero attached hydrogens (tertiary/aromatic N) is 1. The molecule has 4 unspecified atom stereocenters. The maximum atomic E-state index is 12.1. The summed E-state index contributed by atoms with van der Waals surface area (Å²) in [4.78, 5) is 14.0. The number of carbonyl (C=O) groups excluding carboxylic acids is 1. The summed E-state index contributed by atoms with van der Waals surface area (Å²) >= 11 is 0. The van der Waals surface area contributed by atoms with Crippen molar-refractivity contribution < 1.29 is 4.79 Å². The van der Waals surface area contributed by atoms with E-state index in [2.05, 4.69) is 6.92 Å². The van der Waals surface area contributed by atoms with Crippen molar-refractivity contribution in [2.45, 2.75) is 39.0 Å². The van der Waals surface area contributed by atoms with Crippen LogP contribution in [0.5, 0.6) is 0 Å². The maximum absolute atomic E-state index is 12.1. The van der Waals surface area contributed by atoms with Gasteiger partial charge in [0.1, 0.15) is 0 Å². The molecule has 98 valence electrons. The third kappa shape index (κ3) is 3.01. The number of hydrogen-bond acceptors (Lipinski definition) is 2. The van der Waals surface area contributed by atoms with Gasteiger partial charge in [0.05, 0.1) is 0 Å². The smallest absolute Gasteiger partial charge is 0.222 e. The predicted octanol–water partition coefficient (Wildman–Crippen LogP) is 1.87. The Bertz CT molecular complexity index is 279. The van der Waals surface area contributed by atoms with Gasteiger partial charge in [-0.25, -0.2) is 0 Å². The summed E-state index contributed by atoms with van der Waals surface area (Å²) in [6.45, 7) is 3.56. The van der Waals surface area contributed by atoms with Gasteiger partial charge in [0.15, 0.2) is 0 Å². The van der Waals surface area contributed by atoms with Crippen LogP contribution >= 0.6 is 0 Å². The molecule has 0 radical (unpaired) electrons. The van der Waals surface area contributed by atoms with Crippen molar-refractivity contribution in [2.24, 2.45) is 29.4 Å². The molecule has 0 spiro atoms. The van der Waals surface area contributed by atoms with E-state index < -0.39 is 0 Å². The van der Waals surface area contributed by atoms with Crippen LogP contribution in [-0.4, -0.2) is 30.9 Å². The van der Waals surface area contributed by atoms with E-state index in [-0.39, 0.29) is 0 Å². The lowest BCUT2D eigenvalue weighted by atomic mass is 9.86. The van der Waals surface area contributed by atoms with Crippen molar-refractivity contribution in [2.75, 3.05) is 20.1 Å². The van der Waals surface area contributed by atoms with Crippen molar-refractivity contribution >= 4 is 5.91 Å². The Labute approximate surface area is 105 Å². The van der Waals surface area contributed by atoms with Crippen LogP contribution in [0.2, 0.25) is 0 Å². The van der Waals surface area contributed by atoms with E-state index in [1.807, 2.05) is 11.9 Å². The second kappa shape index (κ2) is 5.38. The summed E-state index contributed by atoms with van der Waals surface area (Å²) in [5, 5.41) is 0. The normalized spacial score (nSPS) is 32.8. The second-order valence-corrected chi connectivity index (χ2v) is 6.25. The zero-order valence-electron chi connectivity index (χ0n) is 11.2. The van der Waals surface area contributed by atoms with Gasteiger partial charge in [0.2, 0.25) is 5.91 Å². The Morgan fingerprint density at radius 3 is 2.71 bits per heavy atom. The quantitative estimate of drug-likeness (QED) is 0.794. The fraction of sp³-hybridized carbons (Fsp3) is 0.929. The number of carbonyl (C=O) groups is 1. The van der Waals surface area contributed by atoms with Crippen LogP contribution in [0.25, 0.3) is 0 Å². The molecule has 2 saturated carbocycles. The highest BCUT2D eigenvalue weighted by atomic mass is 16.2. The van der Waals surface area contributed by atoms with Crippen molar-refractivity contribution in [3.8, 4) is 0 Å². The Hall–Kier alpha value is -0.570. The minimum absolute atomic E-state index is 0.322. The zero-order valence-corrected chi connectivity index (χ0v) is 11.2. The van der Waals surface area contributed by atoms with Gasteiger partial charge < -0.3 is 10.6 Å². The van der Waals surface area contributed by atoms with Gasteiger partial charge in [-0.15, -0.1) is 0 Å². The van der Waals surface area contributed by atoms with Gasteiger partial charge in [-0.05, 0) is 49.5 Å². The van der Waals surface area contributed by atoms with Crippen molar-refractivity contribution in [3.63, 3.8) is 0 Å². The molecule has 0 aromatic rings. The van der Waals surface area contributed by atoms with Gasteiger partial charge in [-0.1, -0.05) is 13.3 Å². The first-order valence-electron chi connectivity index (χ1n) is 7.04. The van der Waals surface area contributed by atoms with E-state index in [0.29, 0.717) is 24.3 Å². The summed E-state index contributed by atoms with van der Waals surface area (Å²) in [5.41, 5.74) is 5.60. The summed E-state index contributed by atoms with van der Waals surface area (Å²) < 4.78 is 0. The highest BCUT2D eigenvalue weighted by Crippen LogP contribution is 2.49. The highest BCUT2D eigenvalue weighted by Gasteiger charge is 2.40. The van der Waals surface area contributed by atoms with Crippen LogP contribution in [-0.2, 0) is 4.79 Å². The number of rotatable bonds is 5. The monoisotopic (exact) mass is 238 g/mol. The van der Waals surface area contributed by atoms with E-state index >= 15 is 0 Å². The minimum Gasteiger partial charge on any atom is -0.345 e. The average molecular weight is 238 g/mol. The first-order chi connectivity index (χ1) is 8.10. The van der Waals surface area contributed by atoms with Gasteiger partial charge in [-0.2, -0.15) is 0 Å². The largest absolute Gasteiger partial charge is 0.345 e. The fourth-order valence-corrected chi connectivity index (χ4v) is 3.65. The second-order valence-electron chi connectivity index (χ2n) is 6.25. The van der Waals surface area contributed by atoms with Crippen LogP contribution < -0.4 is 5.73 Å². The first-order valence-corrected chi connectivity index (χ1v) is 7.04. The molecule has 0 saturated heterocycles. The predicted molar refractivity (Wildman–Crippen MR) is 69.4 cm³/mol. The molecule has 4 atom stereocenters. The van der Waals surface area contributed by atoms with Gasteiger partial charge in [0, 0.05) is 20.0 Å². The summed E-state index contributed by atoms with van der Waals surface area (Å²) in [7, 11) is 1.92. The van der Waals surface area contributed by atoms with Gasteiger partial charge >= 0.3 is 0 Å². The number of amides is 1. The Balaban J connectivity index is 1.77. The Morgan fingerprint density at radius 1 is 1.41 bits per heavy atom. The molecule has 2 aliphatic rings. The number of nitrogens with two attached hydrogens (primary N) is 1. The lowest BCUT2D eigenvalue weighted by Crippen LogP contribution is -2.35. The molecule has 0 heterocycles. The SMILES string of the molecule is CC(CN)CN(C)C(=O)CC1CC2CCC1C2. The third-order valence-electron chi connectivity index (χ3n) is 4.74. The lowest BCUT2D eigenvalue weighted by Gasteiger charge is -2.25. The first kappa shape index (κ1) is 12.9. The van der Waals surface area contributed by atoms with Crippen LogP contribution in [0.15, 0.2) is 0 Å². The van der Waals surface area contributed by atoms with E-state index in [9.17, 15) is 4.79 Å². The highest BCUT2D eigenvalue weighted by molar-refractivity contribution is 5.76.